The fraction of sp³-hybridized carbons (Fsp3) is 0.105. The third kappa shape index (κ3) is 3.08. The van der Waals surface area contributed by atoms with Crippen LogP contribution >= 0.6 is 11.9 Å². The predicted octanol–water partition coefficient (Wildman–Crippen LogP) is 5.05. The van der Waals surface area contributed by atoms with Crippen molar-refractivity contribution in [1.29, 1.82) is 0 Å². The maximum Gasteiger partial charge on any atom is 0.148 e. The second-order valence-corrected chi connectivity index (χ2v) is 6.30. The van der Waals surface area contributed by atoms with Crippen LogP contribution in [0.1, 0.15) is 5.56 Å². The van der Waals surface area contributed by atoms with Crippen molar-refractivity contribution in [3.8, 4) is 11.5 Å². The molecule has 0 N–H and O–H groups in total. The molecule has 0 atom stereocenters. The van der Waals surface area contributed by atoms with Gasteiger partial charge in [-0.05, 0) is 47.9 Å². The predicted molar refractivity (Wildman–Crippen MR) is 96.7 cm³/mol. The highest BCUT2D eigenvalue weighted by molar-refractivity contribution is 7.98. The Kier molecular flexibility index (Phi) is 4.09. The van der Waals surface area contributed by atoms with Gasteiger partial charge in [0.1, 0.15) is 23.2 Å². The first kappa shape index (κ1) is 15.0. The van der Waals surface area contributed by atoms with Crippen LogP contribution in [0.25, 0.3) is 5.57 Å². The Morgan fingerprint density at radius 2 is 1.75 bits per heavy atom. The fourth-order valence-corrected chi connectivity index (χ4v) is 3.36. The second kappa shape index (κ2) is 6.53. The molecule has 0 radical (unpaired) electrons. The smallest absolute Gasteiger partial charge is 0.148 e. The summed E-state index contributed by atoms with van der Waals surface area (Å²) in [6.07, 6.45) is 3.04. The molecule has 2 heterocycles. The van der Waals surface area contributed by atoms with Crippen LogP contribution in [0.5, 0.6) is 11.5 Å². The summed E-state index contributed by atoms with van der Waals surface area (Å²) in [6, 6.07) is 17.3. The van der Waals surface area contributed by atoms with Crippen molar-refractivity contribution in [1.82, 2.24) is 4.90 Å². The van der Waals surface area contributed by atoms with Crippen LogP contribution in [0.4, 0.5) is 4.39 Å². The van der Waals surface area contributed by atoms with Crippen LogP contribution in [0, 0.1) is 0 Å². The number of ether oxygens (including phenoxy) is 1. The molecule has 0 aliphatic carbocycles. The van der Waals surface area contributed by atoms with Crippen molar-refractivity contribution >= 4 is 23.4 Å². The van der Waals surface area contributed by atoms with E-state index in [2.05, 4.69) is 4.40 Å². The lowest BCUT2D eigenvalue weighted by Crippen LogP contribution is -2.33. The zero-order valence-electron chi connectivity index (χ0n) is 12.9. The first-order valence-electron chi connectivity index (χ1n) is 7.69. The maximum absolute atomic E-state index is 13.9. The first-order chi connectivity index (χ1) is 11.8. The van der Waals surface area contributed by atoms with E-state index in [0.717, 1.165) is 40.8 Å². The molecule has 0 fully saturated rings. The molecule has 0 aromatic heterocycles. The lowest BCUT2D eigenvalue weighted by molar-refractivity contribution is 0.482. The maximum atomic E-state index is 13.9. The van der Waals surface area contributed by atoms with Gasteiger partial charge in [0.15, 0.2) is 0 Å². The average molecular weight is 338 g/mol. The first-order valence-corrected chi connectivity index (χ1v) is 8.63. The number of benzene rings is 2. The largest absolute Gasteiger partial charge is 0.457 e. The number of para-hydroxylation sites is 1. The summed E-state index contributed by atoms with van der Waals surface area (Å²) >= 11 is 1.51. The number of hydrogen-bond acceptors (Lipinski definition) is 4. The third-order valence-electron chi connectivity index (χ3n) is 3.79. The zero-order chi connectivity index (χ0) is 16.4. The quantitative estimate of drug-likeness (QED) is 0.732. The molecular weight excluding hydrogens is 323 g/mol. The summed E-state index contributed by atoms with van der Waals surface area (Å²) in [7, 11) is 0. The number of nitrogens with zero attached hydrogens (tertiary/aromatic N) is 2. The number of rotatable bonds is 3. The molecule has 0 saturated heterocycles. The van der Waals surface area contributed by atoms with Gasteiger partial charge < -0.3 is 9.64 Å². The summed E-state index contributed by atoms with van der Waals surface area (Å²) in [6.45, 7) is 0.767. The van der Waals surface area contributed by atoms with Gasteiger partial charge in [0.2, 0.25) is 0 Å². The molecule has 2 aliphatic heterocycles. The molecule has 5 heteroatoms. The van der Waals surface area contributed by atoms with Crippen molar-refractivity contribution in [2.45, 2.75) is 0 Å². The van der Waals surface area contributed by atoms with Crippen LogP contribution in [-0.4, -0.2) is 23.0 Å². The Labute approximate surface area is 144 Å². The van der Waals surface area contributed by atoms with E-state index in [1.807, 2.05) is 59.5 Å². The van der Waals surface area contributed by atoms with Gasteiger partial charge in [-0.15, -0.1) is 0 Å². The van der Waals surface area contributed by atoms with Crippen LogP contribution in [0.15, 0.2) is 77.1 Å². The minimum atomic E-state index is -0.250. The van der Waals surface area contributed by atoms with Gasteiger partial charge in [0, 0.05) is 24.1 Å². The van der Waals surface area contributed by atoms with Crippen molar-refractivity contribution in [3.05, 3.63) is 78.3 Å². The van der Waals surface area contributed by atoms with E-state index in [1.54, 1.807) is 0 Å². The Morgan fingerprint density at radius 1 is 1.00 bits per heavy atom. The van der Waals surface area contributed by atoms with E-state index < -0.39 is 0 Å². The van der Waals surface area contributed by atoms with Gasteiger partial charge in [-0.3, -0.25) is 0 Å². The van der Waals surface area contributed by atoms with Crippen LogP contribution in [0.2, 0.25) is 0 Å². The number of fused-ring (bicyclic) bond motifs is 1. The fourth-order valence-electron chi connectivity index (χ4n) is 2.66. The van der Waals surface area contributed by atoms with Crippen molar-refractivity contribution in [2.24, 2.45) is 4.40 Å². The highest BCUT2D eigenvalue weighted by atomic mass is 32.2. The second-order valence-electron chi connectivity index (χ2n) is 5.45. The van der Waals surface area contributed by atoms with Gasteiger partial charge in [0.25, 0.3) is 0 Å². The van der Waals surface area contributed by atoms with Gasteiger partial charge in [-0.25, -0.2) is 4.39 Å². The van der Waals surface area contributed by atoms with Gasteiger partial charge >= 0.3 is 0 Å². The molecule has 2 aliphatic rings. The van der Waals surface area contributed by atoms with Gasteiger partial charge in [0.05, 0.1) is 0 Å². The Hall–Kier alpha value is -2.53. The lowest BCUT2D eigenvalue weighted by Gasteiger charge is -2.29. The van der Waals surface area contributed by atoms with Crippen molar-refractivity contribution < 1.29 is 9.13 Å². The third-order valence-corrected chi connectivity index (χ3v) is 4.46. The van der Waals surface area contributed by atoms with Gasteiger partial charge in [-0.1, -0.05) is 30.3 Å². The molecule has 0 unspecified atom stereocenters. The minimum absolute atomic E-state index is 0.250. The van der Waals surface area contributed by atoms with E-state index in [-0.39, 0.29) is 5.83 Å². The molecule has 0 saturated carbocycles. The molecule has 0 spiro atoms. The van der Waals surface area contributed by atoms with E-state index >= 15 is 0 Å². The molecule has 4 rings (SSSR count). The van der Waals surface area contributed by atoms with E-state index in [4.69, 9.17) is 4.74 Å². The Balaban J connectivity index is 1.60. The van der Waals surface area contributed by atoms with E-state index in [9.17, 15) is 4.39 Å². The molecule has 0 amide bonds. The number of amidine groups is 1. The topological polar surface area (TPSA) is 24.8 Å². The van der Waals surface area contributed by atoms with Crippen LogP contribution in [0.3, 0.4) is 0 Å². The molecule has 3 nitrogen and oxygen atoms in total. The van der Waals surface area contributed by atoms with Crippen LogP contribution in [-0.2, 0) is 0 Å². The molecule has 2 aromatic carbocycles. The van der Waals surface area contributed by atoms with Gasteiger partial charge in [-0.2, -0.15) is 4.40 Å². The average Bonchev–Trinajstić information content (AvgIpc) is 2.62. The zero-order valence-corrected chi connectivity index (χ0v) is 13.7. The van der Waals surface area contributed by atoms with Crippen molar-refractivity contribution in [2.75, 3.05) is 12.3 Å². The Bertz CT molecular complexity index is 828. The number of halogens is 1. The summed E-state index contributed by atoms with van der Waals surface area (Å²) in [5.74, 6) is 2.96. The van der Waals surface area contributed by atoms with E-state index in [0.29, 0.717) is 0 Å². The highest BCUT2D eigenvalue weighted by Gasteiger charge is 2.24. The van der Waals surface area contributed by atoms with Crippen LogP contribution < -0.4 is 4.74 Å². The highest BCUT2D eigenvalue weighted by Crippen LogP contribution is 2.31. The molecular formula is C19H15FN2OS. The number of hydrogen-bond donors (Lipinski definition) is 0. The summed E-state index contributed by atoms with van der Waals surface area (Å²) in [5, 5.41) is 0. The summed E-state index contributed by atoms with van der Waals surface area (Å²) in [4.78, 5) is 1.87. The Morgan fingerprint density at radius 3 is 2.54 bits per heavy atom. The summed E-state index contributed by atoms with van der Waals surface area (Å²) < 4.78 is 24.2. The normalized spacial score (nSPS) is 16.7. The number of allylic oxidation sites excluding steroid dienone is 2. The molecule has 0 bridgehead atoms. The minimum Gasteiger partial charge on any atom is -0.457 e. The standard InChI is InChI=1S/C19H15FN2OS/c20-15-12-18(19-21-24-11-10-22(19)13-15)14-6-8-17(9-7-14)23-16-4-2-1-3-5-16/h1-9,12-13H,10-11H2. The molecule has 120 valence electrons. The van der Waals surface area contributed by atoms with E-state index in [1.165, 1.54) is 24.2 Å². The molecule has 2 aromatic rings. The molecule has 24 heavy (non-hydrogen) atoms. The lowest BCUT2D eigenvalue weighted by atomic mass is 10.0. The van der Waals surface area contributed by atoms with Crippen molar-refractivity contribution in [3.63, 3.8) is 0 Å². The monoisotopic (exact) mass is 338 g/mol. The summed E-state index contributed by atoms with van der Waals surface area (Å²) in [5.41, 5.74) is 1.72. The SMILES string of the molecule is FC1=CN2CCSN=C2C(c2ccc(Oc3ccccc3)cc2)=C1.